The minimum Gasteiger partial charge on any atom is -0.468 e. The first-order valence-corrected chi connectivity index (χ1v) is 13.6. The molecule has 9 nitrogen and oxygen atoms in total. The van der Waals surface area contributed by atoms with Crippen LogP contribution in [0.3, 0.4) is 0 Å². The van der Waals surface area contributed by atoms with Gasteiger partial charge in [0.05, 0.1) is 35.4 Å². The molecule has 2 aromatic heterocycles. The lowest BCUT2D eigenvalue weighted by molar-refractivity contribution is 0.0304. The number of ether oxygens (including phenoxy) is 1. The molecule has 0 radical (unpaired) electrons. The third-order valence-corrected chi connectivity index (χ3v) is 8.16. The molecule has 38 heavy (non-hydrogen) atoms. The van der Waals surface area contributed by atoms with Crippen molar-refractivity contribution < 1.29 is 14.0 Å². The summed E-state index contributed by atoms with van der Waals surface area (Å²) in [5, 5.41) is 7.40. The van der Waals surface area contributed by atoms with E-state index in [4.69, 9.17) is 24.0 Å². The van der Waals surface area contributed by atoms with Crippen LogP contribution in [0.2, 0.25) is 0 Å². The average Bonchev–Trinajstić information content (AvgIpc) is 3.67. The van der Waals surface area contributed by atoms with E-state index < -0.39 is 12.0 Å². The number of rotatable bonds is 4. The number of oxime groups is 1. The van der Waals surface area contributed by atoms with Crippen molar-refractivity contribution in [3.05, 3.63) is 80.2 Å². The molecule has 6 rings (SSSR count). The minimum atomic E-state index is -0.543. The number of nitrogens with zero attached hydrogens (tertiary/aromatic N) is 5. The molecule has 10 heteroatoms. The Bertz CT molecular complexity index is 1590. The van der Waals surface area contributed by atoms with Crippen LogP contribution in [0.1, 0.15) is 53.2 Å². The van der Waals surface area contributed by atoms with Crippen molar-refractivity contribution in [3.8, 4) is 0 Å². The van der Waals surface area contributed by atoms with Gasteiger partial charge in [0.15, 0.2) is 5.58 Å². The molecule has 0 spiro atoms. The molecule has 0 aliphatic carbocycles. The van der Waals surface area contributed by atoms with E-state index in [0.717, 1.165) is 53.6 Å². The molecule has 1 unspecified atom stereocenters. The van der Waals surface area contributed by atoms with Crippen LogP contribution in [-0.2, 0) is 9.57 Å². The molecule has 1 fully saturated rings. The number of amidine groups is 1. The first kappa shape index (κ1) is 24.4. The predicted molar refractivity (Wildman–Crippen MR) is 147 cm³/mol. The lowest BCUT2D eigenvalue weighted by Crippen LogP contribution is -2.38. The Balaban J connectivity index is 1.11. The monoisotopic (exact) mass is 531 g/mol. The van der Waals surface area contributed by atoms with Gasteiger partial charge in [-0.15, -0.1) is 11.3 Å². The molecule has 1 atom stereocenters. The molecule has 4 heterocycles. The van der Waals surface area contributed by atoms with Gasteiger partial charge in [-0.3, -0.25) is 0 Å². The van der Waals surface area contributed by atoms with Crippen LogP contribution in [-0.4, -0.2) is 46.4 Å². The summed E-state index contributed by atoms with van der Waals surface area (Å²) < 4.78 is 12.6. The van der Waals surface area contributed by atoms with Crippen LogP contribution in [0.25, 0.3) is 11.1 Å². The van der Waals surface area contributed by atoms with Crippen LogP contribution in [0.4, 0.5) is 5.69 Å². The van der Waals surface area contributed by atoms with E-state index in [1.807, 2.05) is 23.6 Å². The fraction of sp³-hybridized carbons (Fsp3) is 0.357. The first-order valence-electron chi connectivity index (χ1n) is 12.7. The molecule has 0 amide bonds. The number of benzene rings is 2. The Morgan fingerprint density at radius 2 is 1.97 bits per heavy atom. The molecule has 1 saturated heterocycles. The van der Waals surface area contributed by atoms with Crippen molar-refractivity contribution in [1.29, 1.82) is 0 Å². The smallest absolute Gasteiger partial charge is 0.423 e. The second-order valence-electron chi connectivity index (χ2n) is 9.73. The summed E-state index contributed by atoms with van der Waals surface area (Å²) in [6.45, 7) is 5.83. The molecule has 4 aromatic rings. The van der Waals surface area contributed by atoms with Crippen molar-refractivity contribution in [2.75, 3.05) is 20.2 Å². The normalized spacial score (nSPS) is 18.6. The highest BCUT2D eigenvalue weighted by Crippen LogP contribution is 2.33. The summed E-state index contributed by atoms with van der Waals surface area (Å²) >= 11 is 1.65. The lowest BCUT2D eigenvalue weighted by Gasteiger charge is -2.32. The van der Waals surface area contributed by atoms with Crippen LogP contribution in [0, 0.1) is 13.8 Å². The second-order valence-corrected chi connectivity index (χ2v) is 10.6. The molecule has 0 saturated carbocycles. The Morgan fingerprint density at radius 1 is 1.16 bits per heavy atom. The van der Waals surface area contributed by atoms with Gasteiger partial charge in [0.1, 0.15) is 5.71 Å². The van der Waals surface area contributed by atoms with E-state index in [2.05, 4.69) is 42.1 Å². The predicted octanol–water partition coefficient (Wildman–Crippen LogP) is 5.50. The fourth-order valence-electron chi connectivity index (χ4n) is 5.02. The van der Waals surface area contributed by atoms with Crippen LogP contribution in [0.15, 0.2) is 67.2 Å². The van der Waals surface area contributed by atoms with Gasteiger partial charge in [-0.1, -0.05) is 29.4 Å². The van der Waals surface area contributed by atoms with E-state index in [9.17, 15) is 4.79 Å². The van der Waals surface area contributed by atoms with Crippen molar-refractivity contribution in [2.24, 2.45) is 10.1 Å². The molecule has 196 valence electrons. The van der Waals surface area contributed by atoms with Crippen LogP contribution < -0.4 is 5.76 Å². The first-order chi connectivity index (χ1) is 18.5. The Morgan fingerprint density at radius 3 is 2.79 bits per heavy atom. The maximum Gasteiger partial charge on any atom is 0.423 e. The highest BCUT2D eigenvalue weighted by Gasteiger charge is 2.30. The average molecular weight is 532 g/mol. The van der Waals surface area contributed by atoms with Gasteiger partial charge in [0.25, 0.3) is 6.02 Å². The minimum absolute atomic E-state index is 0.364. The number of methoxy groups -OCH3 is 1. The maximum atomic E-state index is 12.4. The Hall–Kier alpha value is -3.92. The summed E-state index contributed by atoms with van der Waals surface area (Å²) in [7, 11) is 1.68. The van der Waals surface area contributed by atoms with Crippen LogP contribution in [0.5, 0.6) is 0 Å². The van der Waals surface area contributed by atoms with Crippen LogP contribution >= 0.6 is 11.3 Å². The summed E-state index contributed by atoms with van der Waals surface area (Å²) in [5.41, 5.74) is 6.03. The molecule has 0 bridgehead atoms. The third-order valence-electron chi connectivity index (χ3n) is 7.15. The third kappa shape index (κ3) is 4.60. The van der Waals surface area contributed by atoms with Crippen molar-refractivity contribution in [1.82, 2.24) is 14.5 Å². The molecule has 0 N–H and O–H groups in total. The van der Waals surface area contributed by atoms with E-state index in [0.29, 0.717) is 29.5 Å². The molecular formula is C28H29N5O4S. The van der Waals surface area contributed by atoms with Crippen molar-refractivity contribution in [2.45, 2.75) is 45.3 Å². The van der Waals surface area contributed by atoms with Gasteiger partial charge in [-0.25, -0.2) is 14.3 Å². The van der Waals surface area contributed by atoms with Gasteiger partial charge in [0, 0.05) is 24.4 Å². The highest BCUT2D eigenvalue weighted by atomic mass is 32.1. The maximum absolute atomic E-state index is 12.4. The number of hydrogen-bond acceptors (Lipinski definition) is 8. The number of fused-ring (bicyclic) bond motifs is 1. The second kappa shape index (κ2) is 10.1. The van der Waals surface area contributed by atoms with Gasteiger partial charge in [-0.05, 0) is 56.0 Å². The van der Waals surface area contributed by atoms with E-state index >= 15 is 0 Å². The van der Waals surface area contributed by atoms with E-state index in [1.54, 1.807) is 24.5 Å². The Labute approximate surface area is 224 Å². The largest absolute Gasteiger partial charge is 0.468 e. The summed E-state index contributed by atoms with van der Waals surface area (Å²) in [6, 6.07) is 14.2. The lowest BCUT2D eigenvalue weighted by atomic mass is 9.98. The number of thiazole rings is 1. The zero-order valence-electron chi connectivity index (χ0n) is 21.6. The summed E-state index contributed by atoms with van der Waals surface area (Å²) in [4.78, 5) is 30.0. The number of aromatic nitrogens is 2. The summed E-state index contributed by atoms with van der Waals surface area (Å²) in [5.74, 6) is -0.0853. The standard InChI is InChI=1S/C28H29N5O4S/c1-17-8-9-18(2)20(14-17)30-27(35-3)32-12-10-19(11-13-32)26-29-22(16-38-26)21-15-25(37-31-21)33-23-6-4-5-7-24(23)36-28(33)34/h4-9,14,16,19,25H,10-13,15H2,1-3H3/b30-27-. The topological polar surface area (TPSA) is 94.5 Å². The SMILES string of the molecule is CO/C(=N\c1cc(C)ccc1C)N1CCC(c2nc(C3=NOC(n4c(=O)oc5ccccc54)C3)cs2)CC1. The number of para-hydroxylation sites is 2. The van der Waals surface area contributed by atoms with Crippen molar-refractivity contribution >= 4 is 39.9 Å². The number of likely N-dealkylation sites (tertiary alicyclic amines) is 1. The number of aliphatic imine (C=N–C) groups is 1. The fourth-order valence-corrected chi connectivity index (χ4v) is 6.03. The number of piperidine rings is 1. The molecule has 2 aliphatic rings. The zero-order valence-corrected chi connectivity index (χ0v) is 22.4. The van der Waals surface area contributed by atoms with E-state index in [1.165, 1.54) is 10.1 Å². The summed E-state index contributed by atoms with van der Waals surface area (Å²) in [6.07, 6.45) is 1.84. The van der Waals surface area contributed by atoms with E-state index in [-0.39, 0.29) is 0 Å². The number of hydrogen-bond donors (Lipinski definition) is 0. The molecular weight excluding hydrogens is 502 g/mol. The molecule has 2 aliphatic heterocycles. The van der Waals surface area contributed by atoms with Gasteiger partial charge >= 0.3 is 5.76 Å². The highest BCUT2D eigenvalue weighted by molar-refractivity contribution is 7.10. The number of oxazole rings is 1. The Kier molecular flexibility index (Phi) is 6.49. The number of aryl methyl sites for hydroxylation is 2. The molecule has 2 aromatic carbocycles. The quantitative estimate of drug-likeness (QED) is 0.255. The van der Waals surface area contributed by atoms with Crippen molar-refractivity contribution in [3.63, 3.8) is 0 Å². The van der Waals surface area contributed by atoms with Gasteiger partial charge in [-0.2, -0.15) is 4.99 Å². The zero-order chi connectivity index (χ0) is 26.2. The van der Waals surface area contributed by atoms with Gasteiger partial charge in [0.2, 0.25) is 6.23 Å². The van der Waals surface area contributed by atoms with Gasteiger partial charge < -0.3 is 18.9 Å².